The Morgan fingerprint density at radius 3 is 2.50 bits per heavy atom. The molecule has 1 unspecified atom stereocenters. The molecule has 2 saturated heterocycles. The normalized spacial score (nSPS) is 26.4. The molecule has 116 valence electrons. The summed E-state index contributed by atoms with van der Waals surface area (Å²) in [5.74, 6) is 0.614. The van der Waals surface area contributed by atoms with Crippen LogP contribution in [0, 0.1) is 11.8 Å². The fraction of sp³-hybridized carbons (Fsp3) is 0.923. The van der Waals surface area contributed by atoms with Crippen molar-refractivity contribution in [3.8, 4) is 0 Å². The van der Waals surface area contributed by atoms with Gasteiger partial charge < -0.3 is 9.80 Å². The maximum absolute atomic E-state index is 11.9. The van der Waals surface area contributed by atoms with Crippen molar-refractivity contribution in [1.82, 2.24) is 9.80 Å². The molecule has 0 radical (unpaired) electrons. The van der Waals surface area contributed by atoms with E-state index >= 15 is 0 Å². The van der Waals surface area contributed by atoms with Crippen LogP contribution in [-0.2, 0) is 13.8 Å². The SMILES string of the molecule is CC1CCN(CCN2CC(CS(=O)(=O)Cl)CC2=O)CC1. The summed E-state index contributed by atoms with van der Waals surface area (Å²) in [6.45, 7) is 6.59. The second kappa shape index (κ2) is 6.62. The number of hydrogen-bond donors (Lipinski definition) is 0. The number of hydrogen-bond acceptors (Lipinski definition) is 4. The molecule has 20 heavy (non-hydrogen) atoms. The summed E-state index contributed by atoms with van der Waals surface area (Å²) in [4.78, 5) is 16.0. The Bertz CT molecular complexity index is 447. The minimum absolute atomic E-state index is 0.0562. The molecule has 1 atom stereocenters. The summed E-state index contributed by atoms with van der Waals surface area (Å²) in [7, 11) is 1.74. The van der Waals surface area contributed by atoms with Crippen LogP contribution in [0.2, 0.25) is 0 Å². The first kappa shape index (κ1) is 16.0. The van der Waals surface area contributed by atoms with Crippen molar-refractivity contribution in [2.24, 2.45) is 11.8 Å². The highest BCUT2D eigenvalue weighted by Crippen LogP contribution is 2.21. The summed E-state index contributed by atoms with van der Waals surface area (Å²) >= 11 is 0. The molecule has 0 aliphatic carbocycles. The van der Waals surface area contributed by atoms with Crippen molar-refractivity contribution in [2.75, 3.05) is 38.5 Å². The Morgan fingerprint density at radius 2 is 1.90 bits per heavy atom. The summed E-state index contributed by atoms with van der Waals surface area (Å²) in [5.41, 5.74) is 0. The van der Waals surface area contributed by atoms with Crippen molar-refractivity contribution < 1.29 is 13.2 Å². The second-order valence-corrected chi connectivity index (χ2v) is 8.96. The van der Waals surface area contributed by atoms with E-state index in [1.165, 1.54) is 12.8 Å². The van der Waals surface area contributed by atoms with Crippen LogP contribution in [0.5, 0.6) is 0 Å². The van der Waals surface area contributed by atoms with Crippen LogP contribution in [0.1, 0.15) is 26.2 Å². The fourth-order valence-corrected chi connectivity index (χ4v) is 4.33. The van der Waals surface area contributed by atoms with Crippen LogP contribution in [0.25, 0.3) is 0 Å². The smallest absolute Gasteiger partial charge is 0.232 e. The van der Waals surface area contributed by atoms with Gasteiger partial charge in [-0.25, -0.2) is 8.42 Å². The topological polar surface area (TPSA) is 57.7 Å². The van der Waals surface area contributed by atoms with E-state index in [1.54, 1.807) is 4.90 Å². The Hall–Kier alpha value is -0.330. The first-order chi connectivity index (χ1) is 9.33. The van der Waals surface area contributed by atoms with Gasteiger partial charge in [-0.15, -0.1) is 0 Å². The van der Waals surface area contributed by atoms with E-state index in [2.05, 4.69) is 11.8 Å². The molecule has 0 aromatic rings. The van der Waals surface area contributed by atoms with Crippen LogP contribution in [0.3, 0.4) is 0 Å². The van der Waals surface area contributed by atoms with Crippen LogP contribution in [0.4, 0.5) is 0 Å². The molecule has 0 N–H and O–H groups in total. The van der Waals surface area contributed by atoms with Crippen LogP contribution in [0.15, 0.2) is 0 Å². The average molecular weight is 323 g/mol. The van der Waals surface area contributed by atoms with E-state index in [9.17, 15) is 13.2 Å². The lowest BCUT2D eigenvalue weighted by Gasteiger charge is -2.31. The van der Waals surface area contributed by atoms with Gasteiger partial charge in [0.25, 0.3) is 0 Å². The maximum atomic E-state index is 11.9. The minimum atomic E-state index is -3.51. The van der Waals surface area contributed by atoms with Gasteiger partial charge >= 0.3 is 0 Å². The molecule has 0 spiro atoms. The molecule has 0 bridgehead atoms. The van der Waals surface area contributed by atoms with Crippen LogP contribution in [-0.4, -0.2) is 62.6 Å². The number of amides is 1. The van der Waals surface area contributed by atoms with Gasteiger partial charge in [0, 0.05) is 42.7 Å². The molecule has 2 aliphatic heterocycles. The standard InChI is InChI=1S/C13H23ClN2O3S/c1-11-2-4-15(5-3-11)6-7-16-9-12(8-13(16)17)10-20(14,18)19/h11-12H,2-10H2,1H3. The van der Waals surface area contributed by atoms with E-state index in [-0.39, 0.29) is 17.6 Å². The molecule has 0 aromatic carbocycles. The molecule has 1 amide bonds. The molecule has 5 nitrogen and oxygen atoms in total. The lowest BCUT2D eigenvalue weighted by molar-refractivity contribution is -0.127. The van der Waals surface area contributed by atoms with Gasteiger partial charge in [-0.05, 0) is 31.8 Å². The molecule has 2 rings (SSSR count). The third-order valence-electron chi connectivity index (χ3n) is 4.29. The summed E-state index contributed by atoms with van der Waals surface area (Å²) in [5, 5.41) is 0. The molecular formula is C13H23ClN2O3S. The van der Waals surface area contributed by atoms with Gasteiger partial charge in [0.2, 0.25) is 15.0 Å². The Balaban J connectivity index is 1.75. The quantitative estimate of drug-likeness (QED) is 0.712. The number of carbonyl (C=O) groups excluding carboxylic acids is 1. The number of piperidine rings is 1. The highest BCUT2D eigenvalue weighted by molar-refractivity contribution is 8.13. The van der Waals surface area contributed by atoms with Crippen LogP contribution < -0.4 is 0 Å². The zero-order valence-corrected chi connectivity index (χ0v) is 13.5. The third kappa shape index (κ3) is 4.90. The summed E-state index contributed by atoms with van der Waals surface area (Å²) < 4.78 is 22.1. The number of carbonyl (C=O) groups is 1. The fourth-order valence-electron chi connectivity index (χ4n) is 3.01. The molecule has 2 heterocycles. The predicted octanol–water partition coefficient (Wildman–Crippen LogP) is 1.14. The van der Waals surface area contributed by atoms with E-state index < -0.39 is 9.05 Å². The molecule has 2 aliphatic rings. The first-order valence-electron chi connectivity index (χ1n) is 7.26. The van der Waals surface area contributed by atoms with Gasteiger partial charge in [0.15, 0.2) is 0 Å². The summed E-state index contributed by atoms with van der Waals surface area (Å²) in [6, 6.07) is 0. The van der Waals surface area contributed by atoms with Gasteiger partial charge in [-0.3, -0.25) is 4.79 Å². The maximum Gasteiger partial charge on any atom is 0.232 e. The zero-order chi connectivity index (χ0) is 14.8. The Labute approximate surface area is 125 Å². The molecule has 7 heteroatoms. The molecule has 0 aromatic heterocycles. The van der Waals surface area contributed by atoms with Gasteiger partial charge in [0.05, 0.1) is 5.75 Å². The monoisotopic (exact) mass is 322 g/mol. The van der Waals surface area contributed by atoms with Crippen molar-refractivity contribution >= 4 is 25.6 Å². The minimum Gasteiger partial charge on any atom is -0.341 e. The van der Waals surface area contributed by atoms with Crippen molar-refractivity contribution in [1.29, 1.82) is 0 Å². The zero-order valence-electron chi connectivity index (χ0n) is 11.9. The number of rotatable bonds is 5. The predicted molar refractivity (Wildman–Crippen MR) is 79.2 cm³/mol. The summed E-state index contributed by atoms with van der Waals surface area (Å²) in [6.07, 6.45) is 2.76. The molecular weight excluding hydrogens is 300 g/mol. The van der Waals surface area contributed by atoms with Crippen molar-refractivity contribution in [2.45, 2.75) is 26.2 Å². The van der Waals surface area contributed by atoms with Gasteiger partial charge in [-0.2, -0.15) is 0 Å². The highest BCUT2D eigenvalue weighted by Gasteiger charge is 2.32. The van der Waals surface area contributed by atoms with Crippen LogP contribution >= 0.6 is 10.7 Å². The van der Waals surface area contributed by atoms with Crippen molar-refractivity contribution in [3.63, 3.8) is 0 Å². The average Bonchev–Trinajstić information content (AvgIpc) is 2.66. The first-order valence-corrected chi connectivity index (χ1v) is 9.74. The largest absolute Gasteiger partial charge is 0.341 e. The number of halogens is 1. The third-order valence-corrected chi connectivity index (χ3v) is 5.54. The van der Waals surface area contributed by atoms with E-state index in [0.717, 1.165) is 25.6 Å². The van der Waals surface area contributed by atoms with E-state index in [4.69, 9.17) is 10.7 Å². The number of likely N-dealkylation sites (tertiary alicyclic amines) is 2. The van der Waals surface area contributed by atoms with E-state index in [0.29, 0.717) is 19.5 Å². The van der Waals surface area contributed by atoms with Gasteiger partial charge in [-0.1, -0.05) is 6.92 Å². The lowest BCUT2D eigenvalue weighted by atomic mass is 9.99. The molecule has 2 fully saturated rings. The highest BCUT2D eigenvalue weighted by atomic mass is 35.7. The van der Waals surface area contributed by atoms with E-state index in [1.807, 2.05) is 0 Å². The second-order valence-electron chi connectivity index (χ2n) is 6.14. The molecule has 0 saturated carbocycles. The van der Waals surface area contributed by atoms with Gasteiger partial charge in [0.1, 0.15) is 0 Å². The Morgan fingerprint density at radius 1 is 1.25 bits per heavy atom. The number of nitrogens with zero attached hydrogens (tertiary/aromatic N) is 2. The lowest BCUT2D eigenvalue weighted by Crippen LogP contribution is -2.40. The Kier molecular flexibility index (Phi) is 5.31. The van der Waals surface area contributed by atoms with Crippen molar-refractivity contribution in [3.05, 3.63) is 0 Å².